The van der Waals surface area contributed by atoms with Crippen molar-refractivity contribution in [2.24, 2.45) is 5.92 Å². The van der Waals surface area contributed by atoms with Crippen LogP contribution in [0.3, 0.4) is 0 Å². The van der Waals surface area contributed by atoms with Crippen LogP contribution in [0.5, 0.6) is 0 Å². The summed E-state index contributed by atoms with van der Waals surface area (Å²) in [4.78, 5) is 10.7. The Morgan fingerprint density at radius 3 is 2.56 bits per heavy atom. The van der Waals surface area contributed by atoms with Crippen molar-refractivity contribution in [1.82, 2.24) is 14.8 Å². The lowest BCUT2D eigenvalue weighted by Gasteiger charge is -2.24. The van der Waals surface area contributed by atoms with Crippen LogP contribution in [-0.4, -0.2) is 31.6 Å². The first kappa shape index (κ1) is 13.4. The highest BCUT2D eigenvalue weighted by atomic mass is 32.2. The van der Waals surface area contributed by atoms with Gasteiger partial charge in [-0.2, -0.15) is 0 Å². The van der Waals surface area contributed by atoms with Gasteiger partial charge in [-0.15, -0.1) is 10.2 Å². The molecule has 0 spiro atoms. The van der Waals surface area contributed by atoms with Crippen molar-refractivity contribution in [1.29, 1.82) is 0 Å². The van der Waals surface area contributed by atoms with E-state index in [0.29, 0.717) is 17.0 Å². The van der Waals surface area contributed by atoms with Crippen molar-refractivity contribution >= 4 is 17.7 Å². The smallest absolute Gasteiger partial charge is 0.313 e. The predicted molar refractivity (Wildman–Crippen MR) is 69.9 cm³/mol. The number of thioether (sulfide) groups is 1. The molecule has 0 saturated heterocycles. The fraction of sp³-hybridized carbons (Fsp3) is 0.750. The molecule has 2 rings (SSSR count). The molecule has 1 fully saturated rings. The minimum absolute atomic E-state index is 0.0223. The van der Waals surface area contributed by atoms with Gasteiger partial charge in [0.15, 0.2) is 5.16 Å². The lowest BCUT2D eigenvalue weighted by molar-refractivity contribution is -0.133. The Kier molecular flexibility index (Phi) is 3.40. The van der Waals surface area contributed by atoms with E-state index in [-0.39, 0.29) is 11.3 Å². The zero-order valence-electron chi connectivity index (χ0n) is 11.2. The van der Waals surface area contributed by atoms with Gasteiger partial charge >= 0.3 is 5.97 Å². The molecule has 1 N–H and O–H groups in total. The summed E-state index contributed by atoms with van der Waals surface area (Å²) < 4.78 is 2.09. The van der Waals surface area contributed by atoms with Crippen molar-refractivity contribution in [2.75, 3.05) is 5.75 Å². The molecular formula is C12H19N3O2S. The summed E-state index contributed by atoms with van der Waals surface area (Å²) in [7, 11) is 0. The largest absolute Gasteiger partial charge is 0.481 e. The molecule has 2 unspecified atom stereocenters. The zero-order chi connectivity index (χ0) is 13.5. The first-order valence-electron chi connectivity index (χ1n) is 6.11. The molecule has 100 valence electrons. The fourth-order valence-corrected chi connectivity index (χ4v) is 2.90. The summed E-state index contributed by atoms with van der Waals surface area (Å²) >= 11 is 1.24. The summed E-state index contributed by atoms with van der Waals surface area (Å²) in [6.07, 6.45) is 1.15. The van der Waals surface area contributed by atoms with E-state index < -0.39 is 5.97 Å². The van der Waals surface area contributed by atoms with E-state index in [1.165, 1.54) is 11.8 Å². The number of hydrogen-bond acceptors (Lipinski definition) is 4. The van der Waals surface area contributed by atoms with Gasteiger partial charge < -0.3 is 9.67 Å². The van der Waals surface area contributed by atoms with Gasteiger partial charge in [0.05, 0.1) is 5.75 Å². The molecular weight excluding hydrogens is 250 g/mol. The van der Waals surface area contributed by atoms with Crippen LogP contribution >= 0.6 is 11.8 Å². The number of carbonyl (C=O) groups is 1. The van der Waals surface area contributed by atoms with E-state index in [4.69, 9.17) is 5.11 Å². The zero-order valence-corrected chi connectivity index (χ0v) is 12.0. The Morgan fingerprint density at radius 2 is 2.11 bits per heavy atom. The van der Waals surface area contributed by atoms with E-state index in [0.717, 1.165) is 12.2 Å². The molecule has 18 heavy (non-hydrogen) atoms. The quantitative estimate of drug-likeness (QED) is 0.850. The summed E-state index contributed by atoms with van der Waals surface area (Å²) in [5, 5.41) is 17.9. The average Bonchev–Trinajstić information content (AvgIpc) is 2.79. The van der Waals surface area contributed by atoms with E-state index in [9.17, 15) is 4.79 Å². The van der Waals surface area contributed by atoms with E-state index >= 15 is 0 Å². The minimum atomic E-state index is -0.829. The fourth-order valence-electron chi connectivity index (χ4n) is 2.05. The van der Waals surface area contributed by atoms with Gasteiger partial charge in [-0.25, -0.2) is 0 Å². The van der Waals surface area contributed by atoms with Crippen molar-refractivity contribution in [2.45, 2.75) is 50.7 Å². The highest BCUT2D eigenvalue weighted by Crippen LogP contribution is 2.47. The van der Waals surface area contributed by atoms with Crippen molar-refractivity contribution in [3.8, 4) is 0 Å². The van der Waals surface area contributed by atoms with Crippen LogP contribution in [0.25, 0.3) is 0 Å². The molecule has 0 bridgehead atoms. The highest BCUT2D eigenvalue weighted by Gasteiger charge is 2.40. The number of hydrogen-bond donors (Lipinski definition) is 1. The maximum absolute atomic E-state index is 10.7. The molecule has 1 heterocycles. The summed E-state index contributed by atoms with van der Waals surface area (Å²) in [5.41, 5.74) is -0.123. The summed E-state index contributed by atoms with van der Waals surface area (Å²) in [5.74, 6) is 1.34. The van der Waals surface area contributed by atoms with Crippen LogP contribution < -0.4 is 0 Å². The van der Waals surface area contributed by atoms with Gasteiger partial charge in [-0.3, -0.25) is 4.79 Å². The maximum Gasteiger partial charge on any atom is 0.313 e. The van der Waals surface area contributed by atoms with Crippen LogP contribution in [0.2, 0.25) is 0 Å². The van der Waals surface area contributed by atoms with Crippen molar-refractivity contribution < 1.29 is 9.90 Å². The lowest BCUT2D eigenvalue weighted by atomic mass is 10.1. The number of aliphatic carboxylic acids is 1. The molecule has 1 saturated carbocycles. The Bertz CT molecular complexity index is 464. The van der Waals surface area contributed by atoms with Gasteiger partial charge in [-0.1, -0.05) is 18.7 Å². The van der Waals surface area contributed by atoms with Crippen LogP contribution in [0.4, 0.5) is 0 Å². The first-order valence-corrected chi connectivity index (χ1v) is 7.09. The molecule has 1 aromatic rings. The summed E-state index contributed by atoms with van der Waals surface area (Å²) in [6.45, 7) is 8.49. The molecule has 6 heteroatoms. The van der Waals surface area contributed by atoms with Crippen LogP contribution in [0, 0.1) is 5.92 Å². The van der Waals surface area contributed by atoms with Gasteiger partial charge in [-0.05, 0) is 33.1 Å². The third kappa shape index (κ3) is 2.68. The Labute approximate surface area is 111 Å². The normalized spacial score (nSPS) is 23.1. The molecule has 0 aromatic carbocycles. The molecule has 0 radical (unpaired) electrons. The van der Waals surface area contributed by atoms with Crippen LogP contribution in [0.15, 0.2) is 5.16 Å². The van der Waals surface area contributed by atoms with Gasteiger partial charge in [0.1, 0.15) is 5.82 Å². The summed E-state index contributed by atoms with van der Waals surface area (Å²) in [6, 6.07) is 0. The molecule has 2 atom stereocenters. The Hall–Kier alpha value is -1.04. The predicted octanol–water partition coefficient (Wildman–Crippen LogP) is 2.33. The van der Waals surface area contributed by atoms with Gasteiger partial charge in [0.25, 0.3) is 0 Å². The second-order valence-electron chi connectivity index (χ2n) is 5.85. The maximum atomic E-state index is 10.7. The molecule has 5 nitrogen and oxygen atoms in total. The van der Waals surface area contributed by atoms with E-state index in [1.807, 2.05) is 0 Å². The second-order valence-corrected chi connectivity index (χ2v) is 6.79. The van der Waals surface area contributed by atoms with Crippen molar-refractivity contribution in [3.63, 3.8) is 0 Å². The van der Waals surface area contributed by atoms with Crippen molar-refractivity contribution in [3.05, 3.63) is 5.82 Å². The van der Waals surface area contributed by atoms with E-state index in [2.05, 4.69) is 42.5 Å². The topological polar surface area (TPSA) is 68.0 Å². The average molecular weight is 269 g/mol. The van der Waals surface area contributed by atoms with Crippen LogP contribution in [0.1, 0.15) is 45.9 Å². The third-order valence-corrected chi connectivity index (χ3v) is 4.01. The molecule has 1 aliphatic rings. The lowest BCUT2D eigenvalue weighted by Crippen LogP contribution is -2.25. The number of carboxylic acid groups (broad SMARTS) is 1. The number of rotatable bonds is 4. The first-order chi connectivity index (χ1) is 8.30. The molecule has 1 aromatic heterocycles. The standard InChI is InChI=1S/C12H19N3O2S/c1-7-5-8(7)10-13-14-11(18-6-9(16)17)15(10)12(2,3)4/h7-8H,5-6H2,1-4H3,(H,16,17). The van der Waals surface area contributed by atoms with Gasteiger partial charge in [0, 0.05) is 11.5 Å². The number of aromatic nitrogens is 3. The molecule has 0 amide bonds. The second kappa shape index (κ2) is 4.57. The monoisotopic (exact) mass is 269 g/mol. The molecule has 1 aliphatic carbocycles. The van der Waals surface area contributed by atoms with E-state index in [1.54, 1.807) is 0 Å². The minimum Gasteiger partial charge on any atom is -0.481 e. The number of carboxylic acids is 1. The Balaban J connectivity index is 2.29. The molecule has 0 aliphatic heterocycles. The SMILES string of the molecule is CC1CC1c1nnc(SCC(=O)O)n1C(C)(C)C. The third-order valence-electron chi connectivity index (χ3n) is 3.10. The van der Waals surface area contributed by atoms with Crippen LogP contribution in [-0.2, 0) is 10.3 Å². The number of nitrogens with zero attached hydrogens (tertiary/aromatic N) is 3. The Morgan fingerprint density at radius 1 is 1.50 bits per heavy atom. The highest BCUT2D eigenvalue weighted by molar-refractivity contribution is 7.99. The van der Waals surface area contributed by atoms with Gasteiger partial charge in [0.2, 0.25) is 0 Å².